The van der Waals surface area contributed by atoms with Gasteiger partial charge in [-0.1, -0.05) is 171 Å². The quantitative estimate of drug-likeness (QED) is 0.158. The van der Waals surface area contributed by atoms with Gasteiger partial charge in [-0.05, 0) is 106 Å². The number of aromatic nitrogens is 1. The summed E-state index contributed by atoms with van der Waals surface area (Å²) in [6.07, 6.45) is 6.49. The number of nitrogens with zero attached hydrogens (tertiary/aromatic N) is 2. The smallest absolute Gasteiger partial charge is 0.0547 e. The largest absolute Gasteiger partial charge is 0.309 e. The minimum Gasteiger partial charge on any atom is -0.309 e. The second-order valence-corrected chi connectivity index (χ2v) is 15.9. The number of para-hydroxylation sites is 4. The number of rotatable bonds is 7. The predicted molar refractivity (Wildman–Crippen MR) is 247 cm³/mol. The number of fused-ring (bicyclic) bond motifs is 5. The van der Waals surface area contributed by atoms with E-state index in [-0.39, 0.29) is 0 Å². The van der Waals surface area contributed by atoms with Crippen molar-refractivity contribution in [3.05, 3.63) is 206 Å². The Kier molecular flexibility index (Phi) is 8.62. The fraction of sp³-hybridized carbons (Fsp3) is 0.107. The molecule has 0 amide bonds. The van der Waals surface area contributed by atoms with Gasteiger partial charge in [-0.25, -0.2) is 0 Å². The summed E-state index contributed by atoms with van der Waals surface area (Å²) in [5.41, 5.74) is 13.4. The van der Waals surface area contributed by atoms with Crippen LogP contribution in [0.4, 0.5) is 17.1 Å². The molecular formula is C56H44N2. The summed E-state index contributed by atoms with van der Waals surface area (Å²) in [5.74, 6) is 0.585. The molecule has 2 nitrogen and oxygen atoms in total. The Hall–Kier alpha value is -6.90. The maximum atomic E-state index is 2.52. The lowest BCUT2D eigenvalue weighted by Gasteiger charge is -2.31. The number of anilines is 3. The summed E-state index contributed by atoms with van der Waals surface area (Å²) < 4.78 is 2.41. The molecule has 1 aliphatic carbocycles. The van der Waals surface area contributed by atoms with Crippen LogP contribution in [0.3, 0.4) is 0 Å². The Labute approximate surface area is 340 Å². The molecule has 2 heteroatoms. The molecule has 0 N–H and O–H groups in total. The van der Waals surface area contributed by atoms with Crippen LogP contribution < -0.4 is 4.90 Å². The first-order chi connectivity index (χ1) is 28.8. The van der Waals surface area contributed by atoms with Crippen molar-refractivity contribution in [2.45, 2.75) is 38.0 Å². The zero-order valence-electron chi connectivity index (χ0n) is 32.6. The molecule has 0 aliphatic heterocycles. The average Bonchev–Trinajstić information content (AvgIpc) is 3.64. The van der Waals surface area contributed by atoms with E-state index in [1.165, 1.54) is 103 Å². The summed E-state index contributed by atoms with van der Waals surface area (Å²) in [5, 5.41) is 7.67. The van der Waals surface area contributed by atoms with E-state index < -0.39 is 0 Å². The lowest BCUT2D eigenvalue weighted by atomic mass is 9.80. The third-order valence-corrected chi connectivity index (χ3v) is 12.6. The van der Waals surface area contributed by atoms with Crippen molar-refractivity contribution in [1.82, 2.24) is 4.57 Å². The molecular weight excluding hydrogens is 701 g/mol. The molecule has 1 fully saturated rings. The van der Waals surface area contributed by atoms with Gasteiger partial charge < -0.3 is 9.47 Å². The molecule has 11 rings (SSSR count). The highest BCUT2D eigenvalue weighted by Gasteiger charge is 2.25. The fourth-order valence-electron chi connectivity index (χ4n) is 9.96. The van der Waals surface area contributed by atoms with E-state index >= 15 is 0 Å². The molecule has 1 heterocycles. The van der Waals surface area contributed by atoms with Gasteiger partial charge in [0.1, 0.15) is 0 Å². The van der Waals surface area contributed by atoms with Crippen molar-refractivity contribution in [2.75, 3.05) is 4.90 Å². The van der Waals surface area contributed by atoms with Crippen molar-refractivity contribution < 1.29 is 0 Å². The van der Waals surface area contributed by atoms with E-state index in [4.69, 9.17) is 0 Å². The minimum atomic E-state index is 0.585. The molecule has 58 heavy (non-hydrogen) atoms. The van der Waals surface area contributed by atoms with Crippen LogP contribution in [0.1, 0.15) is 43.6 Å². The van der Waals surface area contributed by atoms with Crippen molar-refractivity contribution >= 4 is 60.4 Å². The van der Waals surface area contributed by atoms with Crippen LogP contribution in [0.5, 0.6) is 0 Å². The zero-order valence-corrected chi connectivity index (χ0v) is 32.6. The topological polar surface area (TPSA) is 8.17 Å². The van der Waals surface area contributed by atoms with Gasteiger partial charge in [0, 0.05) is 33.3 Å². The first-order valence-electron chi connectivity index (χ1n) is 20.9. The first kappa shape index (κ1) is 34.4. The van der Waals surface area contributed by atoms with Crippen molar-refractivity contribution in [3.63, 3.8) is 0 Å². The summed E-state index contributed by atoms with van der Waals surface area (Å²) in [6, 6.07) is 74.1. The Morgan fingerprint density at radius 1 is 0.397 bits per heavy atom. The minimum absolute atomic E-state index is 0.585. The van der Waals surface area contributed by atoms with Crippen molar-refractivity contribution in [2.24, 2.45) is 0 Å². The van der Waals surface area contributed by atoms with Crippen molar-refractivity contribution in [3.8, 4) is 27.9 Å². The van der Waals surface area contributed by atoms with Gasteiger partial charge in [0.25, 0.3) is 0 Å². The van der Waals surface area contributed by atoms with Gasteiger partial charge in [-0.15, -0.1) is 0 Å². The lowest BCUT2D eigenvalue weighted by molar-refractivity contribution is 0.445. The molecule has 0 radical (unpaired) electrons. The highest BCUT2D eigenvalue weighted by molar-refractivity contribution is 6.17. The van der Waals surface area contributed by atoms with E-state index in [0.29, 0.717) is 5.92 Å². The van der Waals surface area contributed by atoms with Gasteiger partial charge >= 0.3 is 0 Å². The molecule has 10 aromatic rings. The van der Waals surface area contributed by atoms with E-state index in [2.05, 4.69) is 210 Å². The van der Waals surface area contributed by atoms with E-state index in [9.17, 15) is 0 Å². The summed E-state index contributed by atoms with van der Waals surface area (Å²) in [6.45, 7) is 0. The molecule has 0 unspecified atom stereocenters. The molecule has 278 valence electrons. The van der Waals surface area contributed by atoms with E-state index in [0.717, 1.165) is 22.7 Å². The average molecular weight is 745 g/mol. The molecule has 0 bridgehead atoms. The van der Waals surface area contributed by atoms with Gasteiger partial charge in [0.05, 0.1) is 22.4 Å². The molecule has 0 atom stereocenters. The first-order valence-corrected chi connectivity index (χ1v) is 20.9. The number of hydrogen-bond donors (Lipinski definition) is 0. The Balaban J connectivity index is 1.19. The highest BCUT2D eigenvalue weighted by Crippen LogP contribution is 2.49. The predicted octanol–water partition coefficient (Wildman–Crippen LogP) is 15.9. The summed E-state index contributed by atoms with van der Waals surface area (Å²) in [7, 11) is 0. The van der Waals surface area contributed by atoms with E-state index in [1.807, 2.05) is 0 Å². The summed E-state index contributed by atoms with van der Waals surface area (Å²) in [4.78, 5) is 2.52. The highest BCUT2D eigenvalue weighted by atomic mass is 15.1. The zero-order chi connectivity index (χ0) is 38.4. The van der Waals surface area contributed by atoms with Crippen LogP contribution in [0.15, 0.2) is 200 Å². The monoisotopic (exact) mass is 744 g/mol. The molecule has 0 spiro atoms. The Morgan fingerprint density at radius 3 is 1.74 bits per heavy atom. The number of benzene rings is 9. The lowest BCUT2D eigenvalue weighted by Crippen LogP contribution is -2.13. The molecule has 1 aromatic heterocycles. The maximum Gasteiger partial charge on any atom is 0.0547 e. The summed E-state index contributed by atoms with van der Waals surface area (Å²) >= 11 is 0. The van der Waals surface area contributed by atoms with Crippen LogP contribution in [0.2, 0.25) is 0 Å². The van der Waals surface area contributed by atoms with Gasteiger partial charge in [0.15, 0.2) is 0 Å². The third-order valence-electron chi connectivity index (χ3n) is 12.6. The molecule has 0 saturated heterocycles. The van der Waals surface area contributed by atoms with Crippen LogP contribution in [0, 0.1) is 0 Å². The van der Waals surface area contributed by atoms with Crippen LogP contribution >= 0.6 is 0 Å². The normalized spacial score (nSPS) is 13.4. The Bertz CT molecular complexity index is 3110. The third kappa shape index (κ3) is 5.79. The standard InChI is InChI=1S/C56H44N2/c1-3-19-40(20-4-1)45-29-15-22-41-23-16-30-48(55(41)45)46-26-9-12-32-51(46)58(44-37-36-39-18-7-8-21-42(39)38-44)52-33-13-10-27-47(52)49-31-17-35-54-56(49)50-28-11-14-34-53(50)57(54)43-24-5-2-6-25-43/h2,5-18,21-38,40H,1,3-4,19-20H2. The SMILES string of the molecule is c1ccc(-n2c3ccccc3c3c(-c4ccccc4N(c4ccc5ccccc5c4)c4ccccc4-c4cccc5cccc(C6CCCCC6)c45)cccc32)cc1. The molecule has 9 aromatic carbocycles. The molecule has 1 saturated carbocycles. The van der Waals surface area contributed by atoms with Crippen LogP contribution in [-0.2, 0) is 0 Å². The second-order valence-electron chi connectivity index (χ2n) is 15.9. The fourth-order valence-corrected chi connectivity index (χ4v) is 9.96. The molecule has 1 aliphatic rings. The van der Waals surface area contributed by atoms with Gasteiger partial charge in [-0.3, -0.25) is 0 Å². The maximum absolute atomic E-state index is 2.52. The van der Waals surface area contributed by atoms with Crippen LogP contribution in [0.25, 0.3) is 71.3 Å². The van der Waals surface area contributed by atoms with Crippen LogP contribution in [-0.4, -0.2) is 4.57 Å². The Morgan fingerprint density at radius 2 is 0.966 bits per heavy atom. The van der Waals surface area contributed by atoms with Gasteiger partial charge in [0.2, 0.25) is 0 Å². The van der Waals surface area contributed by atoms with Gasteiger partial charge in [-0.2, -0.15) is 0 Å². The second kappa shape index (κ2) is 14.6. The van der Waals surface area contributed by atoms with Crippen molar-refractivity contribution in [1.29, 1.82) is 0 Å². The van der Waals surface area contributed by atoms with E-state index in [1.54, 1.807) is 0 Å². The number of hydrogen-bond acceptors (Lipinski definition) is 1.